The van der Waals surface area contributed by atoms with Crippen LogP contribution < -0.4 is 0 Å². The van der Waals surface area contributed by atoms with E-state index < -0.39 is 5.60 Å². The second kappa shape index (κ2) is 3.91. The van der Waals surface area contributed by atoms with Crippen LogP contribution in [0.1, 0.15) is 31.1 Å². The minimum Gasteiger partial charge on any atom is -0.456 e. The Morgan fingerprint density at radius 1 is 1.44 bits per heavy atom. The Bertz CT molecular complexity index is 390. The van der Waals surface area contributed by atoms with E-state index in [1.54, 1.807) is 6.92 Å². The first-order valence-corrected chi connectivity index (χ1v) is 5.43. The molecule has 1 aromatic rings. The van der Waals surface area contributed by atoms with Gasteiger partial charge in [0.25, 0.3) is 0 Å². The van der Waals surface area contributed by atoms with Gasteiger partial charge in [0.2, 0.25) is 0 Å². The van der Waals surface area contributed by atoms with Gasteiger partial charge in [-0.2, -0.15) is 0 Å². The molecule has 0 saturated carbocycles. The zero-order chi connectivity index (χ0) is 11.8. The molecule has 2 unspecified atom stereocenters. The first-order chi connectivity index (χ1) is 7.51. The molecule has 0 aliphatic carbocycles. The highest BCUT2D eigenvalue weighted by Gasteiger charge is 2.49. The number of carbonyl (C=O) groups excluding carboxylic acids is 1. The molecule has 1 saturated heterocycles. The van der Waals surface area contributed by atoms with Crippen molar-refractivity contribution in [1.82, 2.24) is 0 Å². The Morgan fingerprint density at radius 2 is 2.00 bits per heavy atom. The van der Waals surface area contributed by atoms with Crippen molar-refractivity contribution < 1.29 is 14.3 Å². The van der Waals surface area contributed by atoms with Gasteiger partial charge < -0.3 is 9.47 Å². The van der Waals surface area contributed by atoms with Crippen LogP contribution in [0.3, 0.4) is 0 Å². The Balaban J connectivity index is 2.00. The maximum Gasteiger partial charge on any atom is 0.341 e. The van der Waals surface area contributed by atoms with Crippen molar-refractivity contribution in [2.75, 3.05) is 6.61 Å². The van der Waals surface area contributed by atoms with Crippen LogP contribution in [0.25, 0.3) is 0 Å². The van der Waals surface area contributed by atoms with Gasteiger partial charge in [0.1, 0.15) is 6.10 Å². The molecule has 1 fully saturated rings. The predicted molar refractivity (Wildman–Crippen MR) is 60.0 cm³/mol. The molecule has 0 bridgehead atoms. The van der Waals surface area contributed by atoms with Gasteiger partial charge in [-0.15, -0.1) is 0 Å². The van der Waals surface area contributed by atoms with Gasteiger partial charge in [-0.1, -0.05) is 29.8 Å². The van der Waals surface area contributed by atoms with Crippen LogP contribution in [0, 0.1) is 6.92 Å². The molecule has 1 heterocycles. The van der Waals surface area contributed by atoms with E-state index in [0.717, 1.165) is 5.56 Å². The van der Waals surface area contributed by atoms with Crippen molar-refractivity contribution >= 4 is 5.97 Å². The van der Waals surface area contributed by atoms with E-state index in [0.29, 0.717) is 6.61 Å². The SMILES string of the molecule is Cc1ccc(C(C)OC(=O)C2(C)CO2)cc1. The average Bonchev–Trinajstić information content (AvgIpc) is 2.99. The molecule has 2 rings (SSSR count). The lowest BCUT2D eigenvalue weighted by atomic mass is 10.1. The predicted octanol–water partition coefficient (Wildman–Crippen LogP) is 2.39. The topological polar surface area (TPSA) is 38.8 Å². The molecule has 16 heavy (non-hydrogen) atoms. The minimum atomic E-state index is -0.695. The van der Waals surface area contributed by atoms with Gasteiger partial charge in [-0.25, -0.2) is 4.79 Å². The average molecular weight is 220 g/mol. The fraction of sp³-hybridized carbons (Fsp3) is 0.462. The van der Waals surface area contributed by atoms with Crippen molar-refractivity contribution in [2.45, 2.75) is 32.5 Å². The summed E-state index contributed by atoms with van der Waals surface area (Å²) in [7, 11) is 0. The first kappa shape index (κ1) is 11.1. The molecule has 3 nitrogen and oxygen atoms in total. The van der Waals surface area contributed by atoms with Crippen molar-refractivity contribution in [2.24, 2.45) is 0 Å². The number of carbonyl (C=O) groups is 1. The summed E-state index contributed by atoms with van der Waals surface area (Å²) in [4.78, 5) is 11.6. The Hall–Kier alpha value is -1.35. The molecule has 0 spiro atoms. The first-order valence-electron chi connectivity index (χ1n) is 5.43. The molecule has 1 aromatic carbocycles. The standard InChI is InChI=1S/C13H16O3/c1-9-4-6-11(7-5-9)10(2)16-12(14)13(3)8-15-13/h4-7,10H,8H2,1-3H3. The smallest absolute Gasteiger partial charge is 0.341 e. The van der Waals surface area contributed by atoms with Crippen molar-refractivity contribution in [3.63, 3.8) is 0 Å². The van der Waals surface area contributed by atoms with Gasteiger partial charge in [0.05, 0.1) is 6.61 Å². The highest BCUT2D eigenvalue weighted by Crippen LogP contribution is 2.30. The third-order valence-electron chi connectivity index (χ3n) is 2.84. The van der Waals surface area contributed by atoms with E-state index >= 15 is 0 Å². The fourth-order valence-corrected chi connectivity index (χ4v) is 1.42. The Labute approximate surface area is 95.4 Å². The summed E-state index contributed by atoms with van der Waals surface area (Å²) in [5.74, 6) is -0.277. The fourth-order valence-electron chi connectivity index (χ4n) is 1.42. The van der Waals surface area contributed by atoms with Crippen LogP contribution in [-0.2, 0) is 14.3 Å². The minimum absolute atomic E-state index is 0.228. The lowest BCUT2D eigenvalue weighted by Gasteiger charge is -2.15. The monoisotopic (exact) mass is 220 g/mol. The molecular weight excluding hydrogens is 204 g/mol. The zero-order valence-corrected chi connectivity index (χ0v) is 9.82. The van der Waals surface area contributed by atoms with Crippen LogP contribution >= 0.6 is 0 Å². The third-order valence-corrected chi connectivity index (χ3v) is 2.84. The van der Waals surface area contributed by atoms with Gasteiger partial charge in [0.15, 0.2) is 5.60 Å². The number of rotatable bonds is 3. The highest BCUT2D eigenvalue weighted by molar-refractivity contribution is 5.82. The molecule has 0 radical (unpaired) electrons. The van der Waals surface area contributed by atoms with E-state index in [4.69, 9.17) is 9.47 Å². The molecule has 2 atom stereocenters. The van der Waals surface area contributed by atoms with Crippen LogP contribution in [0.15, 0.2) is 24.3 Å². The lowest BCUT2D eigenvalue weighted by molar-refractivity contribution is -0.154. The van der Waals surface area contributed by atoms with Gasteiger partial charge in [0, 0.05) is 0 Å². The summed E-state index contributed by atoms with van der Waals surface area (Å²) in [6.45, 7) is 6.11. The summed E-state index contributed by atoms with van der Waals surface area (Å²) < 4.78 is 10.4. The molecule has 1 aliphatic rings. The Kier molecular flexibility index (Phi) is 2.72. The number of benzene rings is 1. The molecule has 3 heteroatoms. The molecule has 0 aromatic heterocycles. The molecule has 1 aliphatic heterocycles. The second-order valence-electron chi connectivity index (χ2n) is 4.48. The van der Waals surface area contributed by atoms with Crippen molar-refractivity contribution in [1.29, 1.82) is 0 Å². The van der Waals surface area contributed by atoms with Gasteiger partial charge in [-0.3, -0.25) is 0 Å². The number of ether oxygens (including phenoxy) is 2. The summed E-state index contributed by atoms with van der Waals surface area (Å²) in [6, 6.07) is 7.97. The highest BCUT2D eigenvalue weighted by atomic mass is 16.6. The molecule has 0 amide bonds. The Morgan fingerprint density at radius 3 is 2.50 bits per heavy atom. The maximum atomic E-state index is 11.6. The van der Waals surface area contributed by atoms with E-state index in [1.807, 2.05) is 38.1 Å². The van der Waals surface area contributed by atoms with E-state index in [1.165, 1.54) is 5.56 Å². The van der Waals surface area contributed by atoms with Crippen molar-refractivity contribution in [3.8, 4) is 0 Å². The van der Waals surface area contributed by atoms with Crippen molar-refractivity contribution in [3.05, 3.63) is 35.4 Å². The molecule has 86 valence electrons. The van der Waals surface area contributed by atoms with Crippen LogP contribution in [-0.4, -0.2) is 18.2 Å². The zero-order valence-electron chi connectivity index (χ0n) is 9.82. The van der Waals surface area contributed by atoms with E-state index in [9.17, 15) is 4.79 Å². The summed E-state index contributed by atoms with van der Waals surface area (Å²) >= 11 is 0. The maximum absolute atomic E-state index is 11.6. The quantitative estimate of drug-likeness (QED) is 0.580. The van der Waals surface area contributed by atoms with Gasteiger partial charge >= 0.3 is 5.97 Å². The molecular formula is C13H16O3. The van der Waals surface area contributed by atoms with Crippen LogP contribution in [0.2, 0.25) is 0 Å². The van der Waals surface area contributed by atoms with Crippen LogP contribution in [0.4, 0.5) is 0 Å². The largest absolute Gasteiger partial charge is 0.456 e. The number of esters is 1. The number of hydrogen-bond donors (Lipinski definition) is 0. The van der Waals surface area contributed by atoms with Crippen LogP contribution in [0.5, 0.6) is 0 Å². The number of aryl methyl sites for hydroxylation is 1. The summed E-state index contributed by atoms with van der Waals surface area (Å²) in [6.07, 6.45) is -0.228. The lowest BCUT2D eigenvalue weighted by Crippen LogP contribution is -2.24. The van der Waals surface area contributed by atoms with E-state index in [2.05, 4.69) is 0 Å². The second-order valence-corrected chi connectivity index (χ2v) is 4.48. The third kappa shape index (κ3) is 2.25. The number of epoxide rings is 1. The normalized spacial score (nSPS) is 24.9. The summed E-state index contributed by atoms with van der Waals surface area (Å²) in [5, 5.41) is 0. The van der Waals surface area contributed by atoms with E-state index in [-0.39, 0.29) is 12.1 Å². The van der Waals surface area contributed by atoms with Gasteiger partial charge in [-0.05, 0) is 26.3 Å². The summed E-state index contributed by atoms with van der Waals surface area (Å²) in [5.41, 5.74) is 1.50. The molecule has 0 N–H and O–H groups in total. The number of hydrogen-bond acceptors (Lipinski definition) is 3.